The second-order valence-corrected chi connectivity index (χ2v) is 7.45. The summed E-state index contributed by atoms with van der Waals surface area (Å²) < 4.78 is 30.4. The highest BCUT2D eigenvalue weighted by molar-refractivity contribution is 5.74. The van der Waals surface area contributed by atoms with E-state index in [1.165, 1.54) is 12.1 Å². The molecule has 0 unspecified atom stereocenters. The largest absolute Gasteiger partial charge is 0.467 e. The van der Waals surface area contributed by atoms with Crippen LogP contribution in [0.1, 0.15) is 27.8 Å². The summed E-state index contributed by atoms with van der Waals surface area (Å²) in [6.07, 6.45) is 0. The molecule has 7 heteroatoms. The number of rotatable bonds is 8. The number of carbonyl (C=O) groups excluding carboxylic acids is 1. The molecule has 0 saturated carbocycles. The molecule has 32 heavy (non-hydrogen) atoms. The van der Waals surface area contributed by atoms with Crippen molar-refractivity contribution in [3.63, 3.8) is 0 Å². The van der Waals surface area contributed by atoms with Gasteiger partial charge in [0.05, 0.1) is 19.8 Å². The van der Waals surface area contributed by atoms with E-state index in [0.717, 1.165) is 16.7 Å². The number of hydrogen-bond acceptors (Lipinski definition) is 4. The lowest BCUT2D eigenvalue weighted by Gasteiger charge is -2.21. The summed E-state index contributed by atoms with van der Waals surface area (Å²) in [7, 11) is 0. The van der Waals surface area contributed by atoms with Gasteiger partial charge in [0.25, 0.3) is 0 Å². The Morgan fingerprint density at radius 3 is 2.44 bits per heavy atom. The van der Waals surface area contributed by atoms with E-state index in [-0.39, 0.29) is 31.8 Å². The first kappa shape index (κ1) is 21.8. The molecule has 6 nitrogen and oxygen atoms in total. The Morgan fingerprint density at radius 2 is 1.62 bits per heavy atom. The monoisotopic (exact) mass is 436 g/mol. The van der Waals surface area contributed by atoms with E-state index in [4.69, 9.17) is 14.2 Å². The lowest BCUT2D eigenvalue weighted by atomic mass is 10.1. The van der Waals surface area contributed by atoms with Crippen LogP contribution in [-0.2, 0) is 42.4 Å². The number of benzene rings is 3. The van der Waals surface area contributed by atoms with Gasteiger partial charge in [-0.1, -0.05) is 54.6 Å². The number of ether oxygens (including phenoxy) is 3. The van der Waals surface area contributed by atoms with Gasteiger partial charge >= 0.3 is 6.03 Å². The zero-order valence-corrected chi connectivity index (χ0v) is 17.6. The van der Waals surface area contributed by atoms with E-state index in [0.29, 0.717) is 36.6 Å². The highest BCUT2D eigenvalue weighted by Crippen LogP contribution is 2.29. The molecule has 1 aliphatic heterocycles. The van der Waals surface area contributed by atoms with Gasteiger partial charge in [-0.2, -0.15) is 0 Å². The third-order valence-corrected chi connectivity index (χ3v) is 5.12. The predicted molar refractivity (Wildman–Crippen MR) is 117 cm³/mol. The number of urea groups is 1. The van der Waals surface area contributed by atoms with Crippen LogP contribution in [0.15, 0.2) is 66.7 Å². The first-order valence-corrected chi connectivity index (χ1v) is 10.4. The fourth-order valence-electron chi connectivity index (χ4n) is 3.53. The van der Waals surface area contributed by atoms with Crippen LogP contribution in [-0.4, -0.2) is 12.8 Å². The van der Waals surface area contributed by atoms with E-state index in [2.05, 4.69) is 10.6 Å². The van der Waals surface area contributed by atoms with Crippen LogP contribution < -0.4 is 15.4 Å². The molecule has 0 saturated heterocycles. The Morgan fingerprint density at radius 1 is 0.906 bits per heavy atom. The van der Waals surface area contributed by atoms with Gasteiger partial charge < -0.3 is 24.8 Å². The Hall–Kier alpha value is -3.42. The normalized spacial score (nSPS) is 12.5. The molecule has 1 heterocycles. The van der Waals surface area contributed by atoms with Crippen LogP contribution in [0.5, 0.6) is 5.75 Å². The molecule has 0 atom stereocenters. The number of fused-ring (bicyclic) bond motifs is 1. The molecule has 3 aromatic rings. The van der Waals surface area contributed by atoms with Crippen LogP contribution in [0.3, 0.4) is 0 Å². The van der Waals surface area contributed by atoms with Crippen molar-refractivity contribution in [3.05, 3.63) is 100 Å². The minimum atomic E-state index is -0.389. The van der Waals surface area contributed by atoms with E-state index in [9.17, 15) is 9.18 Å². The third-order valence-electron chi connectivity index (χ3n) is 5.12. The van der Waals surface area contributed by atoms with Crippen molar-refractivity contribution in [3.8, 4) is 5.75 Å². The smallest absolute Gasteiger partial charge is 0.315 e. The maximum Gasteiger partial charge on any atom is 0.315 e. The van der Waals surface area contributed by atoms with Crippen molar-refractivity contribution in [2.75, 3.05) is 6.79 Å². The van der Waals surface area contributed by atoms with Crippen molar-refractivity contribution in [1.82, 2.24) is 10.6 Å². The lowest BCUT2D eigenvalue weighted by molar-refractivity contribution is -0.0173. The number of carbonyl (C=O) groups is 1. The molecular formula is C25H25FN2O4. The van der Waals surface area contributed by atoms with Gasteiger partial charge in [-0.25, -0.2) is 9.18 Å². The molecular weight excluding hydrogens is 411 g/mol. The second kappa shape index (κ2) is 10.7. The van der Waals surface area contributed by atoms with Gasteiger partial charge in [0.15, 0.2) is 6.79 Å². The topological polar surface area (TPSA) is 68.8 Å². The number of amides is 2. The fourth-order valence-corrected chi connectivity index (χ4v) is 3.53. The minimum absolute atomic E-state index is 0.112. The summed E-state index contributed by atoms with van der Waals surface area (Å²) in [5.41, 5.74) is 4.30. The summed E-state index contributed by atoms with van der Waals surface area (Å²) >= 11 is 0. The average molecular weight is 436 g/mol. The van der Waals surface area contributed by atoms with Crippen LogP contribution in [0, 0.1) is 5.82 Å². The zero-order valence-electron chi connectivity index (χ0n) is 17.6. The van der Waals surface area contributed by atoms with Gasteiger partial charge in [0.2, 0.25) is 0 Å². The standard InChI is InChI=1S/C25H25FN2O4/c26-23-10-21(24-22(11-23)16-31-17-32-24)13-28-25(29)27-12-19-8-4-5-9-20(19)15-30-14-18-6-2-1-3-7-18/h1-11H,12-17H2,(H2,27,28,29). The molecule has 1 aliphatic rings. The van der Waals surface area contributed by atoms with E-state index >= 15 is 0 Å². The summed E-state index contributed by atoms with van der Waals surface area (Å²) in [4.78, 5) is 12.3. The molecule has 4 rings (SSSR count). The van der Waals surface area contributed by atoms with Crippen molar-refractivity contribution in [2.24, 2.45) is 0 Å². The highest BCUT2D eigenvalue weighted by Gasteiger charge is 2.17. The Bertz CT molecular complexity index is 1060. The lowest BCUT2D eigenvalue weighted by Crippen LogP contribution is -2.35. The quantitative estimate of drug-likeness (QED) is 0.549. The van der Waals surface area contributed by atoms with E-state index in [1.54, 1.807) is 0 Å². The van der Waals surface area contributed by atoms with Gasteiger partial charge in [0.1, 0.15) is 11.6 Å². The van der Waals surface area contributed by atoms with Crippen LogP contribution in [0.4, 0.5) is 9.18 Å². The molecule has 0 spiro atoms. The first-order valence-electron chi connectivity index (χ1n) is 10.4. The number of halogens is 1. The molecule has 0 radical (unpaired) electrons. The summed E-state index contributed by atoms with van der Waals surface area (Å²) in [5.74, 6) is 0.179. The third kappa shape index (κ3) is 5.84. The van der Waals surface area contributed by atoms with Crippen LogP contribution >= 0.6 is 0 Å². The van der Waals surface area contributed by atoms with Gasteiger partial charge in [-0.15, -0.1) is 0 Å². The molecule has 2 amide bonds. The first-order chi connectivity index (χ1) is 15.7. The Labute approximate surface area is 186 Å². The molecule has 166 valence electrons. The Balaban J connectivity index is 1.29. The van der Waals surface area contributed by atoms with E-state index in [1.807, 2.05) is 54.6 Å². The highest BCUT2D eigenvalue weighted by atomic mass is 19.1. The SMILES string of the molecule is O=C(NCc1ccccc1COCc1ccccc1)NCc1cc(F)cc2c1OCOC2. The van der Waals surface area contributed by atoms with Gasteiger partial charge in [-0.3, -0.25) is 0 Å². The maximum atomic E-state index is 13.9. The van der Waals surface area contributed by atoms with Crippen LogP contribution in [0.25, 0.3) is 0 Å². The van der Waals surface area contributed by atoms with Crippen molar-refractivity contribution in [1.29, 1.82) is 0 Å². The van der Waals surface area contributed by atoms with Crippen molar-refractivity contribution in [2.45, 2.75) is 32.9 Å². The predicted octanol–water partition coefficient (Wildman–Crippen LogP) is 4.41. The molecule has 0 aromatic heterocycles. The Kier molecular flexibility index (Phi) is 7.32. The van der Waals surface area contributed by atoms with Gasteiger partial charge in [-0.05, 0) is 28.8 Å². The molecule has 0 bridgehead atoms. The summed E-state index contributed by atoms with van der Waals surface area (Å²) in [6.45, 7) is 1.86. The van der Waals surface area contributed by atoms with Crippen molar-refractivity contribution < 1.29 is 23.4 Å². The molecule has 0 aliphatic carbocycles. The second-order valence-electron chi connectivity index (χ2n) is 7.45. The summed E-state index contributed by atoms with van der Waals surface area (Å²) in [6, 6.07) is 20.2. The molecule has 3 aromatic carbocycles. The summed E-state index contributed by atoms with van der Waals surface area (Å²) in [5, 5.41) is 5.61. The van der Waals surface area contributed by atoms with Crippen molar-refractivity contribution >= 4 is 6.03 Å². The number of hydrogen-bond donors (Lipinski definition) is 2. The molecule has 0 fully saturated rings. The van der Waals surface area contributed by atoms with E-state index < -0.39 is 0 Å². The van der Waals surface area contributed by atoms with Crippen LogP contribution in [0.2, 0.25) is 0 Å². The number of nitrogens with one attached hydrogen (secondary N) is 2. The minimum Gasteiger partial charge on any atom is -0.467 e. The zero-order chi connectivity index (χ0) is 22.2. The molecule has 2 N–H and O–H groups in total. The maximum absolute atomic E-state index is 13.9. The van der Waals surface area contributed by atoms with Gasteiger partial charge in [0, 0.05) is 24.2 Å². The fraction of sp³-hybridized carbons (Fsp3) is 0.240. The average Bonchev–Trinajstić information content (AvgIpc) is 2.82.